The van der Waals surface area contributed by atoms with Gasteiger partial charge in [-0.15, -0.1) is 0 Å². The highest BCUT2D eigenvalue weighted by Gasteiger charge is 2.29. The van der Waals surface area contributed by atoms with Gasteiger partial charge in [0.15, 0.2) is 6.04 Å². The Morgan fingerprint density at radius 3 is 1.89 bits per heavy atom. The van der Waals surface area contributed by atoms with Crippen LogP contribution in [0, 0.1) is 0 Å². The third-order valence-electron chi connectivity index (χ3n) is 3.01. The molecule has 0 fully saturated rings. The van der Waals surface area contributed by atoms with E-state index in [2.05, 4.69) is 4.74 Å². The van der Waals surface area contributed by atoms with Crippen LogP contribution in [0.5, 0.6) is 0 Å². The molecule has 2 rings (SSSR count). The quantitative estimate of drug-likeness (QED) is 0.846. The number of carboxylic acid groups (broad SMARTS) is 1. The Labute approximate surface area is 115 Å². The van der Waals surface area contributed by atoms with Crippen molar-refractivity contribution in [3.05, 3.63) is 71.8 Å². The molecule has 0 heterocycles. The average Bonchev–Trinajstić information content (AvgIpc) is 2.49. The van der Waals surface area contributed by atoms with Crippen LogP contribution in [0.25, 0.3) is 0 Å². The minimum Gasteiger partial charge on any atom is -0.480 e. The summed E-state index contributed by atoms with van der Waals surface area (Å²) in [6, 6.07) is 17.9. The van der Waals surface area contributed by atoms with E-state index in [1.165, 1.54) is 0 Å². The third-order valence-corrected chi connectivity index (χ3v) is 3.26. The van der Waals surface area contributed by atoms with Crippen LogP contribution < -0.4 is 0 Å². The van der Waals surface area contributed by atoms with Gasteiger partial charge in [-0.3, -0.25) is 4.74 Å². The lowest BCUT2D eigenvalue weighted by molar-refractivity contribution is -0.138. The Bertz CT molecular complexity index is 550. The molecule has 0 unspecified atom stereocenters. The lowest BCUT2D eigenvalue weighted by atomic mass is 9.85. The molecule has 0 amide bonds. The van der Waals surface area contributed by atoms with Crippen molar-refractivity contribution in [2.24, 2.45) is 4.74 Å². The average molecular weight is 273 g/mol. The number of benzene rings is 2. The summed E-state index contributed by atoms with van der Waals surface area (Å²) >= 11 is 0. The molecule has 0 aliphatic rings. The smallest absolute Gasteiger partial charge is 0.329 e. The second kappa shape index (κ2) is 6.26. The molecule has 0 bridgehead atoms. The van der Waals surface area contributed by atoms with Crippen molar-refractivity contribution in [2.45, 2.75) is 12.0 Å². The van der Waals surface area contributed by atoms with Crippen molar-refractivity contribution in [1.29, 1.82) is 1.28 Å². The lowest BCUT2D eigenvalue weighted by Gasteiger charge is -2.21. The first-order chi connectivity index (χ1) is 9.74. The Morgan fingerprint density at radius 2 is 1.53 bits per heavy atom. The van der Waals surface area contributed by atoms with E-state index in [4.69, 9.17) is 1.28 Å². The first-order valence-corrected chi connectivity index (χ1v) is 6.31. The number of carbonyl (C=O) groups is 1. The zero-order valence-corrected chi connectivity index (χ0v) is 11.1. The fourth-order valence-corrected chi connectivity index (χ4v) is 2.37. The third kappa shape index (κ3) is 3.07. The van der Waals surface area contributed by atoms with E-state index >= 15 is 0 Å². The van der Waals surface area contributed by atoms with E-state index in [1.807, 2.05) is 60.7 Å². The summed E-state index contributed by atoms with van der Waals surface area (Å²) in [7, 11) is -0.0212. The normalized spacial score (nSPS) is 13.4. The minimum atomic E-state index is -1.01. The monoisotopic (exact) mass is 273 g/mol. The number of aliphatic carboxylic acids is 1. The van der Waals surface area contributed by atoms with Gasteiger partial charge >= 0.3 is 5.97 Å². The van der Waals surface area contributed by atoms with E-state index in [9.17, 15) is 9.90 Å². The van der Waals surface area contributed by atoms with Crippen LogP contribution >= 0.6 is 8.98 Å². The highest BCUT2D eigenvalue weighted by molar-refractivity contribution is 7.04. The Morgan fingerprint density at radius 1 is 1.05 bits per heavy atom. The van der Waals surface area contributed by atoms with Crippen molar-refractivity contribution in [1.82, 2.24) is 0 Å². The predicted molar refractivity (Wildman–Crippen MR) is 76.9 cm³/mol. The Kier molecular flexibility index (Phi) is 3.97. The number of hydrogen-bond acceptors (Lipinski definition) is 2. The van der Waals surface area contributed by atoms with Gasteiger partial charge in [-0.1, -0.05) is 60.7 Å². The molecular weight excluding hydrogens is 257 g/mol. The van der Waals surface area contributed by atoms with Gasteiger partial charge in [0.2, 0.25) is 0 Å². The molecule has 0 saturated heterocycles. The molecule has 19 heavy (non-hydrogen) atoms. The van der Waals surface area contributed by atoms with E-state index in [0.717, 1.165) is 11.1 Å². The second-order valence-corrected chi connectivity index (χ2v) is 4.43. The SMILES string of the molecule is [3H]P=N[C@H](C(=O)O)C(c1ccccc1)c1ccccc1. The summed E-state index contributed by atoms with van der Waals surface area (Å²) < 4.78 is 11.1. The van der Waals surface area contributed by atoms with E-state index in [0.29, 0.717) is 0 Å². The Hall–Kier alpha value is -1.99. The number of hydrogen-bond donors (Lipinski definition) is 1. The maximum Gasteiger partial charge on any atom is 0.329 e. The van der Waals surface area contributed by atoms with Gasteiger partial charge in [0, 0.05) is 5.92 Å². The van der Waals surface area contributed by atoms with Gasteiger partial charge in [-0.25, -0.2) is 4.79 Å². The lowest BCUT2D eigenvalue weighted by Crippen LogP contribution is -2.26. The summed E-state index contributed by atoms with van der Waals surface area (Å²) in [4.78, 5) is 11.5. The molecule has 0 radical (unpaired) electrons. The van der Waals surface area contributed by atoms with Gasteiger partial charge in [-0.2, -0.15) is 0 Å². The molecule has 0 spiro atoms. The zero-order chi connectivity index (χ0) is 14.4. The number of nitrogens with zero attached hydrogens (tertiary/aromatic N) is 1. The van der Waals surface area contributed by atoms with Crippen LogP contribution in [0.15, 0.2) is 65.4 Å². The molecule has 0 aromatic heterocycles. The molecule has 2 aromatic rings. The van der Waals surface area contributed by atoms with E-state index < -0.39 is 12.0 Å². The van der Waals surface area contributed by atoms with Gasteiger partial charge in [-0.05, 0) is 20.1 Å². The summed E-state index contributed by atoms with van der Waals surface area (Å²) in [5, 5.41) is 9.42. The van der Waals surface area contributed by atoms with Crippen LogP contribution in [0.2, 0.25) is 0 Å². The van der Waals surface area contributed by atoms with Crippen LogP contribution in [-0.4, -0.2) is 18.4 Å². The van der Waals surface area contributed by atoms with Crippen LogP contribution in [0.3, 0.4) is 0 Å². The summed E-state index contributed by atoms with van der Waals surface area (Å²) in [5.41, 5.74) is 1.78. The molecule has 96 valence electrons. The maximum absolute atomic E-state index is 11.5. The highest BCUT2D eigenvalue weighted by Crippen LogP contribution is 2.30. The van der Waals surface area contributed by atoms with E-state index in [1.54, 1.807) is 0 Å². The summed E-state index contributed by atoms with van der Waals surface area (Å²) in [6.07, 6.45) is 0. The van der Waals surface area contributed by atoms with Crippen molar-refractivity contribution < 1.29 is 9.90 Å². The first kappa shape index (κ1) is 12.1. The molecule has 0 saturated carbocycles. The standard InChI is InChI=1S/C15H14NO2P/c17-15(18)14(16-19)13(11-7-3-1-4-8-11)12-9-5-2-6-10-12/h1-10,13-14,19H,(H,17,18)/t14-/m0/s1/i19T. The van der Waals surface area contributed by atoms with Crippen molar-refractivity contribution in [3.63, 3.8) is 0 Å². The molecule has 1 N–H and O–H groups in total. The summed E-state index contributed by atoms with van der Waals surface area (Å²) in [6.45, 7) is 0. The van der Waals surface area contributed by atoms with Gasteiger partial charge in [0.05, 0.1) is 0 Å². The van der Waals surface area contributed by atoms with Crippen molar-refractivity contribution in [3.8, 4) is 0 Å². The van der Waals surface area contributed by atoms with Crippen LogP contribution in [0.4, 0.5) is 0 Å². The van der Waals surface area contributed by atoms with Gasteiger partial charge in [0.25, 0.3) is 0 Å². The molecule has 0 aliphatic carbocycles. The molecule has 2 aromatic carbocycles. The molecule has 4 heteroatoms. The number of carboxylic acids is 1. The van der Waals surface area contributed by atoms with Gasteiger partial charge < -0.3 is 5.11 Å². The molecular formula is C15H14NO2P. The fourth-order valence-electron chi connectivity index (χ4n) is 2.14. The zero-order valence-electron chi connectivity index (χ0n) is 11.2. The van der Waals surface area contributed by atoms with Gasteiger partial charge in [0.1, 0.15) is 1.28 Å². The van der Waals surface area contributed by atoms with Crippen molar-refractivity contribution >= 4 is 14.9 Å². The fraction of sp³-hybridized carbons (Fsp3) is 0.133. The molecule has 1 atom stereocenters. The maximum atomic E-state index is 11.5. The topological polar surface area (TPSA) is 49.7 Å². The number of rotatable bonds is 5. The second-order valence-electron chi connectivity index (χ2n) is 4.20. The molecule has 0 aliphatic heterocycles. The van der Waals surface area contributed by atoms with E-state index in [-0.39, 0.29) is 14.9 Å². The van der Waals surface area contributed by atoms with Crippen LogP contribution in [-0.2, 0) is 4.79 Å². The minimum absolute atomic E-state index is 0.0212. The van der Waals surface area contributed by atoms with Crippen molar-refractivity contribution in [2.75, 3.05) is 0 Å². The largest absolute Gasteiger partial charge is 0.480 e. The first-order valence-electron chi connectivity index (χ1n) is 6.35. The Balaban J connectivity index is 2.52. The molecule has 3 nitrogen and oxygen atoms in total. The predicted octanol–water partition coefficient (Wildman–Crippen LogP) is 3.60. The highest BCUT2D eigenvalue weighted by atomic mass is 31.0. The summed E-state index contributed by atoms with van der Waals surface area (Å²) in [5.74, 6) is -1.39. The van der Waals surface area contributed by atoms with Crippen LogP contribution in [0.1, 0.15) is 17.0 Å².